The van der Waals surface area contributed by atoms with Gasteiger partial charge < -0.3 is 5.32 Å². The molecule has 1 aliphatic carbocycles. The highest BCUT2D eigenvalue weighted by atomic mass is 32.2. The molecule has 1 saturated carbocycles. The average molecular weight is 185 g/mol. The van der Waals surface area contributed by atoms with Crippen LogP contribution in [0.2, 0.25) is 0 Å². The van der Waals surface area contributed by atoms with Crippen molar-refractivity contribution in [2.24, 2.45) is 0 Å². The van der Waals surface area contributed by atoms with E-state index in [4.69, 9.17) is 0 Å². The molecule has 1 fully saturated rings. The second-order valence-corrected chi connectivity index (χ2v) is 3.64. The average Bonchev–Trinajstić information content (AvgIpc) is 2.47. The van der Waals surface area contributed by atoms with E-state index in [2.05, 4.69) is 12.2 Å². The second-order valence-electron chi connectivity index (χ2n) is 2.82. The number of ketones is 1. The minimum Gasteiger partial charge on any atom is -0.380 e. The number of nitrogens with one attached hydrogen (secondary N) is 1. The van der Waals surface area contributed by atoms with Gasteiger partial charge in [0, 0.05) is 18.5 Å². The maximum absolute atomic E-state index is 11.3. The van der Waals surface area contributed by atoms with Gasteiger partial charge in [-0.1, -0.05) is 0 Å². The van der Waals surface area contributed by atoms with Gasteiger partial charge in [-0.05, 0) is 26.0 Å². The Morgan fingerprint density at radius 3 is 2.75 bits per heavy atom. The molecule has 1 rings (SSSR count). The fourth-order valence-electron chi connectivity index (χ4n) is 1.42. The molecule has 0 aromatic rings. The van der Waals surface area contributed by atoms with Gasteiger partial charge >= 0.3 is 0 Å². The maximum atomic E-state index is 11.3. The van der Waals surface area contributed by atoms with E-state index in [-0.39, 0.29) is 0 Å². The standard InChI is InChI=1S/C9H15NOS/c1-3-10-9(12-2)7-5-4-6-8(7)11/h10H,3-6H2,1-2H3/b9-7-. The van der Waals surface area contributed by atoms with Gasteiger partial charge in [-0.3, -0.25) is 4.79 Å². The molecule has 0 radical (unpaired) electrons. The normalized spacial score (nSPS) is 21.3. The van der Waals surface area contributed by atoms with Gasteiger partial charge in [0.25, 0.3) is 0 Å². The first kappa shape index (κ1) is 9.65. The molecule has 0 heterocycles. The van der Waals surface area contributed by atoms with Crippen molar-refractivity contribution in [3.8, 4) is 0 Å². The first-order valence-electron chi connectivity index (χ1n) is 4.33. The summed E-state index contributed by atoms with van der Waals surface area (Å²) < 4.78 is 0. The smallest absolute Gasteiger partial charge is 0.161 e. The monoisotopic (exact) mass is 185 g/mol. The molecule has 0 unspecified atom stereocenters. The van der Waals surface area contributed by atoms with Crippen LogP contribution in [-0.2, 0) is 4.79 Å². The van der Waals surface area contributed by atoms with Crippen LogP contribution in [0.5, 0.6) is 0 Å². The van der Waals surface area contributed by atoms with Crippen LogP contribution >= 0.6 is 11.8 Å². The molecule has 0 spiro atoms. The minimum absolute atomic E-state index is 0.334. The van der Waals surface area contributed by atoms with Gasteiger partial charge in [0.1, 0.15) is 0 Å². The van der Waals surface area contributed by atoms with Gasteiger partial charge in [-0.25, -0.2) is 0 Å². The highest BCUT2D eigenvalue weighted by Gasteiger charge is 2.20. The summed E-state index contributed by atoms with van der Waals surface area (Å²) in [5, 5.41) is 4.31. The van der Waals surface area contributed by atoms with Crippen LogP contribution in [0.15, 0.2) is 10.6 Å². The molecule has 2 nitrogen and oxygen atoms in total. The van der Waals surface area contributed by atoms with Crippen molar-refractivity contribution < 1.29 is 4.79 Å². The number of hydrogen-bond donors (Lipinski definition) is 1. The molecule has 0 amide bonds. The Balaban J connectivity index is 2.75. The zero-order valence-corrected chi connectivity index (χ0v) is 8.46. The number of hydrogen-bond acceptors (Lipinski definition) is 3. The predicted molar refractivity (Wildman–Crippen MR) is 53.1 cm³/mol. The van der Waals surface area contributed by atoms with Crippen molar-refractivity contribution in [2.45, 2.75) is 26.2 Å². The Bertz CT molecular complexity index is 211. The van der Waals surface area contributed by atoms with Gasteiger partial charge in [-0.2, -0.15) is 0 Å². The highest BCUT2D eigenvalue weighted by molar-refractivity contribution is 8.02. The molecular weight excluding hydrogens is 170 g/mol. The van der Waals surface area contributed by atoms with Crippen molar-refractivity contribution in [3.05, 3.63) is 10.6 Å². The molecule has 1 aliphatic rings. The number of allylic oxidation sites excluding steroid dienone is 1. The number of carbonyl (C=O) groups is 1. The summed E-state index contributed by atoms with van der Waals surface area (Å²) in [5.74, 6) is 0.334. The van der Waals surface area contributed by atoms with Crippen LogP contribution in [0, 0.1) is 0 Å². The van der Waals surface area contributed by atoms with E-state index < -0.39 is 0 Å². The Labute approximate surface area is 77.8 Å². The van der Waals surface area contributed by atoms with E-state index in [1.807, 2.05) is 6.26 Å². The zero-order chi connectivity index (χ0) is 8.97. The molecule has 0 aliphatic heterocycles. The summed E-state index contributed by atoms with van der Waals surface area (Å²) in [6, 6.07) is 0. The van der Waals surface area contributed by atoms with Crippen LogP contribution in [0.4, 0.5) is 0 Å². The fraction of sp³-hybridized carbons (Fsp3) is 0.667. The van der Waals surface area contributed by atoms with Gasteiger partial charge in [-0.15, -0.1) is 11.8 Å². The molecule has 0 atom stereocenters. The van der Waals surface area contributed by atoms with Gasteiger partial charge in [0.05, 0.1) is 5.03 Å². The lowest BCUT2D eigenvalue weighted by atomic mass is 10.2. The van der Waals surface area contributed by atoms with Gasteiger partial charge in [0.2, 0.25) is 0 Å². The number of carbonyl (C=O) groups excluding carboxylic acids is 1. The quantitative estimate of drug-likeness (QED) is 0.681. The van der Waals surface area contributed by atoms with Crippen molar-refractivity contribution in [2.75, 3.05) is 12.8 Å². The van der Waals surface area contributed by atoms with E-state index in [1.165, 1.54) is 0 Å². The molecule has 0 bridgehead atoms. The van der Waals surface area contributed by atoms with Crippen molar-refractivity contribution >= 4 is 17.5 Å². The first-order valence-corrected chi connectivity index (χ1v) is 5.56. The van der Waals surface area contributed by atoms with Crippen molar-refractivity contribution in [3.63, 3.8) is 0 Å². The lowest BCUT2D eigenvalue weighted by Gasteiger charge is -2.08. The number of thioether (sulfide) groups is 1. The van der Waals surface area contributed by atoms with E-state index in [0.29, 0.717) is 5.78 Å². The van der Waals surface area contributed by atoms with E-state index in [1.54, 1.807) is 11.8 Å². The molecule has 68 valence electrons. The molecule has 12 heavy (non-hydrogen) atoms. The zero-order valence-electron chi connectivity index (χ0n) is 7.64. The van der Waals surface area contributed by atoms with Crippen molar-refractivity contribution in [1.29, 1.82) is 0 Å². The lowest BCUT2D eigenvalue weighted by Crippen LogP contribution is -2.13. The van der Waals surface area contributed by atoms with Crippen LogP contribution in [0.25, 0.3) is 0 Å². The Hall–Kier alpha value is -0.440. The van der Waals surface area contributed by atoms with Crippen LogP contribution in [-0.4, -0.2) is 18.6 Å². The minimum atomic E-state index is 0.334. The number of rotatable bonds is 3. The molecule has 1 N–H and O–H groups in total. The summed E-state index contributed by atoms with van der Waals surface area (Å²) in [4.78, 5) is 11.3. The summed E-state index contributed by atoms with van der Waals surface area (Å²) in [6.45, 7) is 2.95. The Morgan fingerprint density at radius 2 is 2.33 bits per heavy atom. The molecular formula is C9H15NOS. The summed E-state index contributed by atoms with van der Waals surface area (Å²) >= 11 is 1.64. The largest absolute Gasteiger partial charge is 0.380 e. The summed E-state index contributed by atoms with van der Waals surface area (Å²) in [5.41, 5.74) is 1.02. The summed E-state index contributed by atoms with van der Waals surface area (Å²) in [7, 11) is 0. The fourth-order valence-corrected chi connectivity index (χ4v) is 2.17. The maximum Gasteiger partial charge on any atom is 0.161 e. The van der Waals surface area contributed by atoms with E-state index >= 15 is 0 Å². The van der Waals surface area contributed by atoms with Crippen molar-refractivity contribution in [1.82, 2.24) is 5.32 Å². The second kappa shape index (κ2) is 4.55. The molecule has 0 saturated heterocycles. The van der Waals surface area contributed by atoms with Crippen LogP contribution in [0.3, 0.4) is 0 Å². The Morgan fingerprint density at radius 1 is 1.58 bits per heavy atom. The predicted octanol–water partition coefficient (Wildman–Crippen LogP) is 1.92. The number of Topliss-reactive ketones (excluding diaryl/α,β-unsaturated/α-hetero) is 1. The third-order valence-electron chi connectivity index (χ3n) is 1.98. The van der Waals surface area contributed by atoms with E-state index in [0.717, 1.165) is 36.4 Å². The summed E-state index contributed by atoms with van der Waals surface area (Å²) in [6.07, 6.45) is 4.74. The molecule has 0 aromatic carbocycles. The van der Waals surface area contributed by atoms with Crippen LogP contribution < -0.4 is 5.32 Å². The van der Waals surface area contributed by atoms with Crippen LogP contribution in [0.1, 0.15) is 26.2 Å². The highest BCUT2D eigenvalue weighted by Crippen LogP contribution is 2.26. The third kappa shape index (κ3) is 2.03. The first-order chi connectivity index (χ1) is 5.79. The topological polar surface area (TPSA) is 29.1 Å². The lowest BCUT2D eigenvalue weighted by molar-refractivity contribution is -0.114. The van der Waals surface area contributed by atoms with Gasteiger partial charge in [0.15, 0.2) is 5.78 Å². The SMILES string of the molecule is CCN/C(SC)=C1\CCCC1=O. The molecule has 3 heteroatoms. The Kier molecular flexibility index (Phi) is 3.66. The third-order valence-corrected chi connectivity index (χ3v) is 2.78. The molecule has 0 aromatic heterocycles. The van der Waals surface area contributed by atoms with E-state index in [9.17, 15) is 4.79 Å².